The number of hydrogen-bond acceptors (Lipinski definition) is 5. The molecule has 15 heavy (non-hydrogen) atoms. The molecular formula is C8H11ClN4OS. The number of carbonyl (C=O) groups is 1. The van der Waals surface area contributed by atoms with E-state index in [9.17, 15) is 4.79 Å². The predicted molar refractivity (Wildman–Crippen MR) is 59.4 cm³/mol. The summed E-state index contributed by atoms with van der Waals surface area (Å²) >= 11 is 6.97. The van der Waals surface area contributed by atoms with E-state index in [1.165, 1.54) is 0 Å². The van der Waals surface area contributed by atoms with Crippen molar-refractivity contribution >= 4 is 35.1 Å². The fourth-order valence-electron chi connectivity index (χ4n) is 1.60. The summed E-state index contributed by atoms with van der Waals surface area (Å²) in [7, 11) is 0. The lowest BCUT2D eigenvalue weighted by atomic mass is 9.99. The summed E-state index contributed by atoms with van der Waals surface area (Å²) in [5.41, 5.74) is -0.627. The lowest BCUT2D eigenvalue weighted by Crippen LogP contribution is -2.62. The van der Waals surface area contributed by atoms with Gasteiger partial charge in [-0.1, -0.05) is 11.6 Å². The van der Waals surface area contributed by atoms with E-state index in [2.05, 4.69) is 14.1 Å². The molecule has 2 heterocycles. The average Bonchev–Trinajstić information content (AvgIpc) is 2.57. The molecule has 1 aromatic heterocycles. The van der Waals surface area contributed by atoms with E-state index in [4.69, 9.17) is 11.6 Å². The van der Waals surface area contributed by atoms with Crippen LogP contribution in [0.5, 0.6) is 0 Å². The Morgan fingerprint density at radius 2 is 2.27 bits per heavy atom. The Bertz CT molecular complexity index is 392. The molecule has 2 rings (SSSR count). The van der Waals surface area contributed by atoms with E-state index in [1.807, 2.05) is 18.7 Å². The van der Waals surface area contributed by atoms with Gasteiger partial charge in [-0.3, -0.25) is 4.79 Å². The first-order valence-electron chi connectivity index (χ1n) is 4.57. The summed E-state index contributed by atoms with van der Waals surface area (Å²) in [6, 6.07) is 0. The van der Waals surface area contributed by atoms with E-state index < -0.39 is 5.54 Å². The Hall–Kier alpha value is -0.880. The molecule has 1 aliphatic rings. The Kier molecular flexibility index (Phi) is 2.56. The van der Waals surface area contributed by atoms with Crippen molar-refractivity contribution in [2.75, 3.05) is 18.0 Å². The predicted octanol–water partition coefficient (Wildman–Crippen LogP) is 0.906. The maximum absolute atomic E-state index is 11.7. The molecule has 0 saturated carbocycles. The second-order valence-corrected chi connectivity index (χ2v) is 4.73. The number of nitrogens with one attached hydrogen (secondary N) is 1. The molecule has 1 amide bonds. The Morgan fingerprint density at radius 3 is 2.87 bits per heavy atom. The van der Waals surface area contributed by atoms with Gasteiger partial charge in [-0.05, 0) is 13.8 Å². The summed E-state index contributed by atoms with van der Waals surface area (Å²) in [4.78, 5) is 13.6. The third-order valence-electron chi connectivity index (χ3n) is 2.54. The Balaban J connectivity index is 2.36. The van der Waals surface area contributed by atoms with Crippen molar-refractivity contribution in [3.63, 3.8) is 0 Å². The van der Waals surface area contributed by atoms with Crippen molar-refractivity contribution in [1.29, 1.82) is 0 Å². The standard InChI is InChI=1S/C8H11ClN4OS/c1-8(2)7(14)10-3-4-13(8)6-5(9)11-15-12-6/h3-4H2,1-2H3,(H,10,14). The zero-order valence-corrected chi connectivity index (χ0v) is 10.0. The van der Waals surface area contributed by atoms with Gasteiger partial charge in [-0.25, -0.2) is 0 Å². The first kappa shape index (κ1) is 10.6. The number of rotatable bonds is 1. The van der Waals surface area contributed by atoms with Gasteiger partial charge in [0.15, 0.2) is 11.0 Å². The van der Waals surface area contributed by atoms with E-state index in [1.54, 1.807) is 0 Å². The Labute approximate surface area is 96.8 Å². The lowest BCUT2D eigenvalue weighted by Gasteiger charge is -2.41. The van der Waals surface area contributed by atoms with Crippen LogP contribution in [-0.4, -0.2) is 33.3 Å². The zero-order chi connectivity index (χ0) is 11.1. The van der Waals surface area contributed by atoms with Crippen LogP contribution >= 0.6 is 23.3 Å². The number of piperazine rings is 1. The fraction of sp³-hybridized carbons (Fsp3) is 0.625. The van der Waals surface area contributed by atoms with Crippen LogP contribution in [0.25, 0.3) is 0 Å². The van der Waals surface area contributed by atoms with Gasteiger partial charge in [0.1, 0.15) is 5.54 Å². The number of halogens is 1. The van der Waals surface area contributed by atoms with Gasteiger partial charge in [-0.15, -0.1) is 0 Å². The van der Waals surface area contributed by atoms with Crippen LogP contribution in [0.4, 0.5) is 5.82 Å². The monoisotopic (exact) mass is 246 g/mol. The van der Waals surface area contributed by atoms with E-state index >= 15 is 0 Å². The van der Waals surface area contributed by atoms with Gasteiger partial charge in [0.2, 0.25) is 5.91 Å². The molecule has 1 fully saturated rings. The number of anilines is 1. The highest BCUT2D eigenvalue weighted by molar-refractivity contribution is 6.99. The van der Waals surface area contributed by atoms with Gasteiger partial charge >= 0.3 is 0 Å². The highest BCUT2D eigenvalue weighted by atomic mass is 35.5. The van der Waals surface area contributed by atoms with Gasteiger partial charge in [0.05, 0.1) is 11.7 Å². The van der Waals surface area contributed by atoms with Crippen LogP contribution in [0.1, 0.15) is 13.8 Å². The molecule has 5 nitrogen and oxygen atoms in total. The van der Waals surface area contributed by atoms with Crippen LogP contribution in [0.3, 0.4) is 0 Å². The van der Waals surface area contributed by atoms with Crippen LogP contribution in [0, 0.1) is 0 Å². The summed E-state index contributed by atoms with van der Waals surface area (Å²) in [5, 5.41) is 3.18. The molecule has 0 radical (unpaired) electrons. The van der Waals surface area contributed by atoms with Crippen molar-refractivity contribution in [1.82, 2.24) is 14.1 Å². The molecule has 1 aromatic rings. The molecule has 7 heteroatoms. The highest BCUT2D eigenvalue weighted by Gasteiger charge is 2.39. The van der Waals surface area contributed by atoms with Gasteiger partial charge in [0.25, 0.3) is 0 Å². The Morgan fingerprint density at radius 1 is 1.53 bits per heavy atom. The number of nitrogens with zero attached hydrogens (tertiary/aromatic N) is 3. The van der Waals surface area contributed by atoms with Crippen molar-refractivity contribution in [2.24, 2.45) is 0 Å². The highest BCUT2D eigenvalue weighted by Crippen LogP contribution is 2.30. The first-order chi connectivity index (χ1) is 7.03. The summed E-state index contributed by atoms with van der Waals surface area (Å²) < 4.78 is 8.02. The molecule has 1 N–H and O–H groups in total. The minimum Gasteiger partial charge on any atom is -0.352 e. The molecular weight excluding hydrogens is 236 g/mol. The molecule has 1 saturated heterocycles. The quantitative estimate of drug-likeness (QED) is 0.800. The van der Waals surface area contributed by atoms with Gasteiger partial charge < -0.3 is 10.2 Å². The first-order valence-corrected chi connectivity index (χ1v) is 5.68. The van der Waals surface area contributed by atoms with E-state index in [0.717, 1.165) is 11.7 Å². The fourth-order valence-corrected chi connectivity index (χ4v) is 2.35. The van der Waals surface area contributed by atoms with E-state index in [0.29, 0.717) is 24.1 Å². The van der Waals surface area contributed by atoms with Crippen molar-refractivity contribution in [3.05, 3.63) is 5.15 Å². The van der Waals surface area contributed by atoms with E-state index in [-0.39, 0.29) is 5.91 Å². The maximum atomic E-state index is 11.7. The SMILES string of the molecule is CC1(C)C(=O)NCCN1c1nsnc1Cl. The van der Waals surface area contributed by atoms with Crippen molar-refractivity contribution in [3.8, 4) is 0 Å². The second kappa shape index (κ2) is 3.61. The second-order valence-electron chi connectivity index (χ2n) is 3.85. The smallest absolute Gasteiger partial charge is 0.245 e. The minimum absolute atomic E-state index is 0.0159. The van der Waals surface area contributed by atoms with Crippen molar-refractivity contribution in [2.45, 2.75) is 19.4 Å². The van der Waals surface area contributed by atoms with Crippen LogP contribution in [-0.2, 0) is 4.79 Å². The number of aromatic nitrogens is 2. The largest absolute Gasteiger partial charge is 0.352 e. The molecule has 0 aromatic carbocycles. The maximum Gasteiger partial charge on any atom is 0.245 e. The molecule has 0 atom stereocenters. The topological polar surface area (TPSA) is 58.1 Å². The normalized spacial score (nSPS) is 20.2. The molecule has 0 unspecified atom stereocenters. The summed E-state index contributed by atoms with van der Waals surface area (Å²) in [6.45, 7) is 4.99. The third kappa shape index (κ3) is 1.68. The molecule has 82 valence electrons. The third-order valence-corrected chi connectivity index (χ3v) is 3.41. The number of carbonyl (C=O) groups excluding carboxylic acids is 1. The average molecular weight is 247 g/mol. The summed E-state index contributed by atoms with van der Waals surface area (Å²) in [6.07, 6.45) is 0. The van der Waals surface area contributed by atoms with Gasteiger partial charge in [0, 0.05) is 13.1 Å². The minimum atomic E-state index is -0.627. The number of hydrogen-bond donors (Lipinski definition) is 1. The summed E-state index contributed by atoms with van der Waals surface area (Å²) in [5.74, 6) is 0.583. The van der Waals surface area contributed by atoms with Crippen LogP contribution in [0.15, 0.2) is 0 Å². The van der Waals surface area contributed by atoms with Gasteiger partial charge in [-0.2, -0.15) is 8.75 Å². The zero-order valence-electron chi connectivity index (χ0n) is 8.45. The molecule has 0 bridgehead atoms. The van der Waals surface area contributed by atoms with Crippen molar-refractivity contribution < 1.29 is 4.79 Å². The molecule has 0 aliphatic carbocycles. The molecule has 1 aliphatic heterocycles. The lowest BCUT2D eigenvalue weighted by molar-refractivity contribution is -0.126. The molecule has 0 spiro atoms. The number of amides is 1. The van der Waals surface area contributed by atoms with Crippen LogP contribution < -0.4 is 10.2 Å². The van der Waals surface area contributed by atoms with Crippen LogP contribution in [0.2, 0.25) is 5.15 Å².